The summed E-state index contributed by atoms with van der Waals surface area (Å²) in [5, 5.41) is 7.09. The van der Waals surface area contributed by atoms with Crippen molar-refractivity contribution >= 4 is 5.91 Å². The minimum absolute atomic E-state index is 0.106. The highest BCUT2D eigenvalue weighted by molar-refractivity contribution is 5.92. The summed E-state index contributed by atoms with van der Waals surface area (Å²) in [7, 11) is 0. The van der Waals surface area contributed by atoms with Crippen molar-refractivity contribution in [3.63, 3.8) is 0 Å². The predicted octanol–water partition coefficient (Wildman–Crippen LogP) is 2.03. The van der Waals surface area contributed by atoms with Crippen molar-refractivity contribution in [2.24, 2.45) is 11.8 Å². The van der Waals surface area contributed by atoms with Gasteiger partial charge in [-0.05, 0) is 37.5 Å². The van der Waals surface area contributed by atoms with Gasteiger partial charge in [-0.15, -0.1) is 0 Å². The van der Waals surface area contributed by atoms with Crippen LogP contribution in [0.4, 0.5) is 0 Å². The molecule has 0 spiro atoms. The van der Waals surface area contributed by atoms with Crippen LogP contribution in [-0.4, -0.2) is 54.9 Å². The van der Waals surface area contributed by atoms with Gasteiger partial charge in [0, 0.05) is 44.3 Å². The minimum atomic E-state index is -0.106. The smallest absolute Gasteiger partial charge is 0.273 e. The van der Waals surface area contributed by atoms with Crippen molar-refractivity contribution in [1.29, 1.82) is 0 Å². The molecule has 3 heterocycles. The number of amides is 1. The van der Waals surface area contributed by atoms with Gasteiger partial charge in [0.2, 0.25) is 0 Å². The molecule has 1 aromatic heterocycles. The van der Waals surface area contributed by atoms with Crippen LogP contribution in [-0.2, 0) is 4.74 Å². The summed E-state index contributed by atoms with van der Waals surface area (Å²) in [6, 6.07) is 1.99. The summed E-state index contributed by atoms with van der Waals surface area (Å²) in [6.45, 7) is 7.02. The van der Waals surface area contributed by atoms with E-state index in [0.717, 1.165) is 51.4 Å². The van der Waals surface area contributed by atoms with Crippen molar-refractivity contribution in [3.05, 3.63) is 17.5 Å². The van der Waals surface area contributed by atoms with Crippen LogP contribution >= 0.6 is 0 Å². The van der Waals surface area contributed by atoms with Crippen LogP contribution < -0.4 is 5.32 Å². The summed E-state index contributed by atoms with van der Waals surface area (Å²) >= 11 is 0. The Hall–Kier alpha value is -1.40. The van der Waals surface area contributed by atoms with E-state index in [4.69, 9.17) is 9.26 Å². The summed E-state index contributed by atoms with van der Waals surface area (Å²) in [5.41, 5.74) is 0.420. The van der Waals surface area contributed by atoms with E-state index in [0.29, 0.717) is 23.4 Å². The SMILES string of the molecule is C[C@@H]1CN(CC2CCCOC2)C[C@H]1NC(=O)c1cc(C2CC2)on1. The highest BCUT2D eigenvalue weighted by Gasteiger charge is 2.34. The summed E-state index contributed by atoms with van der Waals surface area (Å²) in [5.74, 6) is 2.33. The van der Waals surface area contributed by atoms with Gasteiger partial charge in [0.05, 0.1) is 6.61 Å². The Bertz CT molecular complexity index is 578. The molecule has 24 heavy (non-hydrogen) atoms. The van der Waals surface area contributed by atoms with Gasteiger partial charge < -0.3 is 19.5 Å². The first-order valence-corrected chi connectivity index (χ1v) is 9.26. The van der Waals surface area contributed by atoms with E-state index in [1.165, 1.54) is 12.8 Å². The van der Waals surface area contributed by atoms with Crippen molar-refractivity contribution in [1.82, 2.24) is 15.4 Å². The Balaban J connectivity index is 1.29. The molecule has 2 saturated heterocycles. The van der Waals surface area contributed by atoms with Crippen molar-refractivity contribution < 1.29 is 14.1 Å². The average Bonchev–Trinajstić information content (AvgIpc) is 3.21. The highest BCUT2D eigenvalue weighted by atomic mass is 16.5. The number of aromatic nitrogens is 1. The molecule has 1 amide bonds. The molecule has 6 heteroatoms. The number of nitrogens with zero attached hydrogens (tertiary/aromatic N) is 2. The quantitative estimate of drug-likeness (QED) is 0.893. The monoisotopic (exact) mass is 333 g/mol. The lowest BCUT2D eigenvalue weighted by molar-refractivity contribution is 0.0412. The van der Waals surface area contributed by atoms with Crippen LogP contribution in [0, 0.1) is 11.8 Å². The number of likely N-dealkylation sites (tertiary alicyclic amines) is 1. The zero-order chi connectivity index (χ0) is 16.5. The Morgan fingerprint density at radius 3 is 3.00 bits per heavy atom. The Morgan fingerprint density at radius 1 is 1.38 bits per heavy atom. The van der Waals surface area contributed by atoms with Gasteiger partial charge in [-0.25, -0.2) is 0 Å². The fraction of sp³-hybridized carbons (Fsp3) is 0.778. The van der Waals surface area contributed by atoms with E-state index >= 15 is 0 Å². The molecule has 1 aliphatic carbocycles. The largest absolute Gasteiger partial charge is 0.381 e. The first-order valence-electron chi connectivity index (χ1n) is 9.26. The topological polar surface area (TPSA) is 67.6 Å². The number of rotatable bonds is 5. The molecule has 0 radical (unpaired) electrons. The third-order valence-corrected chi connectivity index (χ3v) is 5.52. The molecule has 3 aliphatic rings. The van der Waals surface area contributed by atoms with E-state index in [1.54, 1.807) is 0 Å². The van der Waals surface area contributed by atoms with Crippen molar-refractivity contribution in [3.8, 4) is 0 Å². The fourth-order valence-corrected chi connectivity index (χ4v) is 3.92. The standard InChI is InChI=1S/C18H27N3O3/c1-12-8-21(9-13-3-2-6-23-11-13)10-16(12)19-18(22)15-7-17(24-20-15)14-4-5-14/h7,12-14,16H,2-6,8-11H2,1H3,(H,19,22)/t12-,13?,16-/m1/s1. The minimum Gasteiger partial charge on any atom is -0.381 e. The lowest BCUT2D eigenvalue weighted by Crippen LogP contribution is -2.40. The maximum absolute atomic E-state index is 12.4. The summed E-state index contributed by atoms with van der Waals surface area (Å²) < 4.78 is 10.9. The number of ether oxygens (including phenoxy) is 1. The second-order valence-electron chi connectivity index (χ2n) is 7.75. The van der Waals surface area contributed by atoms with E-state index in [1.807, 2.05) is 6.07 Å². The van der Waals surface area contributed by atoms with E-state index in [9.17, 15) is 4.79 Å². The number of carbonyl (C=O) groups excluding carboxylic acids is 1. The third-order valence-electron chi connectivity index (χ3n) is 5.52. The Morgan fingerprint density at radius 2 is 2.25 bits per heavy atom. The molecule has 3 fully saturated rings. The molecular weight excluding hydrogens is 306 g/mol. The number of hydrogen-bond acceptors (Lipinski definition) is 5. The zero-order valence-electron chi connectivity index (χ0n) is 14.4. The lowest BCUT2D eigenvalue weighted by Gasteiger charge is -2.26. The van der Waals surface area contributed by atoms with Crippen LogP contribution in [0.25, 0.3) is 0 Å². The van der Waals surface area contributed by atoms with Gasteiger partial charge in [0.15, 0.2) is 5.69 Å². The van der Waals surface area contributed by atoms with Crippen LogP contribution in [0.2, 0.25) is 0 Å². The summed E-state index contributed by atoms with van der Waals surface area (Å²) in [4.78, 5) is 14.9. The molecule has 0 bridgehead atoms. The summed E-state index contributed by atoms with van der Waals surface area (Å²) in [6.07, 6.45) is 4.72. The van der Waals surface area contributed by atoms with Gasteiger partial charge in [-0.1, -0.05) is 12.1 Å². The molecule has 1 aromatic rings. The van der Waals surface area contributed by atoms with E-state index < -0.39 is 0 Å². The number of hydrogen-bond donors (Lipinski definition) is 1. The second kappa shape index (κ2) is 6.84. The zero-order valence-corrected chi connectivity index (χ0v) is 14.4. The van der Waals surface area contributed by atoms with Crippen LogP contribution in [0.5, 0.6) is 0 Å². The average molecular weight is 333 g/mol. The molecular formula is C18H27N3O3. The van der Waals surface area contributed by atoms with Crippen LogP contribution in [0.1, 0.15) is 54.8 Å². The number of carbonyl (C=O) groups is 1. The molecule has 3 atom stereocenters. The number of nitrogens with one attached hydrogen (secondary N) is 1. The van der Waals surface area contributed by atoms with Crippen molar-refractivity contribution in [2.75, 3.05) is 32.8 Å². The van der Waals surface area contributed by atoms with Gasteiger partial charge in [-0.3, -0.25) is 4.79 Å². The third kappa shape index (κ3) is 3.64. The van der Waals surface area contributed by atoms with Crippen molar-refractivity contribution in [2.45, 2.75) is 44.6 Å². The molecule has 6 nitrogen and oxygen atoms in total. The lowest BCUT2D eigenvalue weighted by atomic mass is 10.0. The molecule has 1 unspecified atom stereocenters. The highest BCUT2D eigenvalue weighted by Crippen LogP contribution is 2.40. The second-order valence-corrected chi connectivity index (χ2v) is 7.75. The molecule has 132 valence electrons. The normalized spacial score (nSPS) is 31.3. The van der Waals surface area contributed by atoms with Gasteiger partial charge in [-0.2, -0.15) is 0 Å². The first-order chi connectivity index (χ1) is 11.7. The maximum Gasteiger partial charge on any atom is 0.273 e. The van der Waals surface area contributed by atoms with Crippen LogP contribution in [0.3, 0.4) is 0 Å². The van der Waals surface area contributed by atoms with E-state index in [2.05, 4.69) is 22.3 Å². The van der Waals surface area contributed by atoms with Crippen LogP contribution in [0.15, 0.2) is 10.6 Å². The molecule has 0 aromatic carbocycles. The molecule has 4 rings (SSSR count). The maximum atomic E-state index is 12.4. The van der Waals surface area contributed by atoms with Gasteiger partial charge in [0.1, 0.15) is 5.76 Å². The first kappa shape index (κ1) is 16.1. The van der Waals surface area contributed by atoms with E-state index in [-0.39, 0.29) is 11.9 Å². The molecule has 2 aliphatic heterocycles. The van der Waals surface area contributed by atoms with Gasteiger partial charge >= 0.3 is 0 Å². The predicted molar refractivity (Wildman–Crippen MR) is 88.9 cm³/mol. The Labute approximate surface area is 142 Å². The Kier molecular flexibility index (Phi) is 4.59. The van der Waals surface area contributed by atoms with Gasteiger partial charge in [0.25, 0.3) is 5.91 Å². The molecule has 1 saturated carbocycles. The fourth-order valence-electron chi connectivity index (χ4n) is 3.92. The molecule has 1 N–H and O–H groups in total.